The van der Waals surface area contributed by atoms with Crippen molar-refractivity contribution in [3.05, 3.63) is 41.8 Å². The van der Waals surface area contributed by atoms with Gasteiger partial charge in [-0.05, 0) is 12.5 Å². The summed E-state index contributed by atoms with van der Waals surface area (Å²) in [6.07, 6.45) is 0. The van der Waals surface area contributed by atoms with Crippen molar-refractivity contribution >= 4 is 17.6 Å². The average molecular weight is 307 g/mol. The summed E-state index contributed by atoms with van der Waals surface area (Å²) in [5.41, 5.74) is 1.35. The van der Waals surface area contributed by atoms with Crippen LogP contribution in [0.2, 0.25) is 0 Å². The second kappa shape index (κ2) is 6.45. The third-order valence-electron chi connectivity index (χ3n) is 3.66. The molecule has 6 heteroatoms. The van der Waals surface area contributed by atoms with Crippen LogP contribution in [0.3, 0.4) is 0 Å². The highest BCUT2D eigenvalue weighted by atomic mass is 35.5. The van der Waals surface area contributed by atoms with Gasteiger partial charge < -0.3 is 9.32 Å². The van der Waals surface area contributed by atoms with E-state index in [0.29, 0.717) is 11.9 Å². The van der Waals surface area contributed by atoms with Crippen LogP contribution in [0.4, 0.5) is 6.01 Å². The second-order valence-electron chi connectivity index (χ2n) is 5.29. The van der Waals surface area contributed by atoms with Crippen LogP contribution in [-0.2, 0) is 6.54 Å². The standard InChI is InChI=1S/C15H19ClN4O/c1-12(16)14-17-18-15(21-14)20-9-7-19(8-10-20)11-13-5-3-2-4-6-13/h2-6,12H,7-11H2,1H3. The van der Waals surface area contributed by atoms with Gasteiger partial charge in [-0.2, -0.15) is 0 Å². The molecule has 1 aromatic carbocycles. The summed E-state index contributed by atoms with van der Waals surface area (Å²) in [6, 6.07) is 11.1. The van der Waals surface area contributed by atoms with E-state index in [1.165, 1.54) is 5.56 Å². The van der Waals surface area contributed by atoms with Gasteiger partial charge in [0.1, 0.15) is 5.38 Å². The number of anilines is 1. The molecule has 0 radical (unpaired) electrons. The van der Waals surface area contributed by atoms with Gasteiger partial charge in [-0.3, -0.25) is 4.90 Å². The number of benzene rings is 1. The fourth-order valence-corrected chi connectivity index (χ4v) is 2.54. The number of alkyl halides is 1. The Balaban J connectivity index is 1.55. The molecule has 1 unspecified atom stereocenters. The predicted octanol–water partition coefficient (Wildman–Crippen LogP) is 2.69. The number of rotatable bonds is 4. The van der Waals surface area contributed by atoms with E-state index in [2.05, 4.69) is 44.3 Å². The summed E-state index contributed by atoms with van der Waals surface area (Å²) >= 11 is 5.95. The molecule has 1 saturated heterocycles. The minimum absolute atomic E-state index is 0.245. The molecule has 1 aliphatic heterocycles. The topological polar surface area (TPSA) is 45.4 Å². The quantitative estimate of drug-likeness (QED) is 0.813. The van der Waals surface area contributed by atoms with Gasteiger partial charge in [0.2, 0.25) is 5.89 Å². The molecule has 1 aliphatic rings. The van der Waals surface area contributed by atoms with Crippen LogP contribution in [0.1, 0.15) is 23.8 Å². The number of aromatic nitrogens is 2. The van der Waals surface area contributed by atoms with Crippen LogP contribution in [0.15, 0.2) is 34.7 Å². The molecule has 0 amide bonds. The first-order valence-electron chi connectivity index (χ1n) is 7.21. The Labute approximate surface area is 129 Å². The highest BCUT2D eigenvalue weighted by Gasteiger charge is 2.22. The molecule has 21 heavy (non-hydrogen) atoms. The zero-order valence-corrected chi connectivity index (χ0v) is 12.8. The third kappa shape index (κ3) is 3.54. The molecule has 1 fully saturated rings. The van der Waals surface area contributed by atoms with Crippen molar-refractivity contribution < 1.29 is 4.42 Å². The maximum atomic E-state index is 5.95. The summed E-state index contributed by atoms with van der Waals surface area (Å²) in [6.45, 7) is 6.58. The van der Waals surface area contributed by atoms with Gasteiger partial charge in [-0.1, -0.05) is 35.4 Å². The first-order chi connectivity index (χ1) is 10.2. The van der Waals surface area contributed by atoms with E-state index in [9.17, 15) is 0 Å². The average Bonchev–Trinajstić information content (AvgIpc) is 2.99. The van der Waals surface area contributed by atoms with Gasteiger partial charge in [0.25, 0.3) is 0 Å². The first-order valence-corrected chi connectivity index (χ1v) is 7.65. The van der Waals surface area contributed by atoms with Crippen LogP contribution in [0, 0.1) is 0 Å². The molecule has 1 aromatic heterocycles. The molecule has 112 valence electrons. The van der Waals surface area contributed by atoms with Crippen LogP contribution in [0.5, 0.6) is 0 Å². The van der Waals surface area contributed by atoms with Crippen LogP contribution < -0.4 is 4.90 Å². The number of nitrogens with zero attached hydrogens (tertiary/aromatic N) is 4. The van der Waals surface area contributed by atoms with E-state index >= 15 is 0 Å². The summed E-state index contributed by atoms with van der Waals surface area (Å²) in [5, 5.41) is 7.81. The number of hydrogen-bond donors (Lipinski definition) is 0. The second-order valence-corrected chi connectivity index (χ2v) is 5.94. The van der Waals surface area contributed by atoms with E-state index in [1.807, 2.05) is 13.0 Å². The van der Waals surface area contributed by atoms with Gasteiger partial charge in [0, 0.05) is 32.7 Å². The van der Waals surface area contributed by atoms with E-state index < -0.39 is 0 Å². The Bertz CT molecular complexity index is 564. The maximum absolute atomic E-state index is 5.95. The van der Waals surface area contributed by atoms with Crippen molar-refractivity contribution in [3.63, 3.8) is 0 Å². The molecule has 0 saturated carbocycles. The molecule has 5 nitrogen and oxygen atoms in total. The Kier molecular flexibility index (Phi) is 4.41. The zero-order chi connectivity index (χ0) is 14.7. The van der Waals surface area contributed by atoms with Crippen molar-refractivity contribution in [1.82, 2.24) is 15.1 Å². The highest BCUT2D eigenvalue weighted by Crippen LogP contribution is 2.22. The fraction of sp³-hybridized carbons (Fsp3) is 0.467. The van der Waals surface area contributed by atoms with E-state index in [0.717, 1.165) is 32.7 Å². The van der Waals surface area contributed by atoms with Gasteiger partial charge >= 0.3 is 6.01 Å². The lowest BCUT2D eigenvalue weighted by Crippen LogP contribution is -2.46. The Morgan fingerprint density at radius 3 is 2.48 bits per heavy atom. The lowest BCUT2D eigenvalue weighted by Gasteiger charge is -2.33. The Hall–Kier alpha value is -1.59. The first kappa shape index (κ1) is 14.4. The van der Waals surface area contributed by atoms with Crippen LogP contribution in [0.25, 0.3) is 0 Å². The van der Waals surface area contributed by atoms with Crippen molar-refractivity contribution in [2.75, 3.05) is 31.1 Å². The molecule has 3 rings (SSSR count). The lowest BCUT2D eigenvalue weighted by atomic mass is 10.2. The van der Waals surface area contributed by atoms with Crippen molar-refractivity contribution in [2.24, 2.45) is 0 Å². The molecule has 0 aliphatic carbocycles. The summed E-state index contributed by atoms with van der Waals surface area (Å²) < 4.78 is 5.59. The summed E-state index contributed by atoms with van der Waals surface area (Å²) in [4.78, 5) is 4.56. The molecule has 1 atom stereocenters. The smallest absolute Gasteiger partial charge is 0.318 e. The zero-order valence-electron chi connectivity index (χ0n) is 12.1. The van der Waals surface area contributed by atoms with E-state index in [1.54, 1.807) is 0 Å². The molecule has 0 spiro atoms. The van der Waals surface area contributed by atoms with E-state index in [-0.39, 0.29) is 5.38 Å². The molecule has 0 N–H and O–H groups in total. The molecular formula is C15H19ClN4O. The van der Waals surface area contributed by atoms with Crippen LogP contribution >= 0.6 is 11.6 Å². The Morgan fingerprint density at radius 1 is 1.14 bits per heavy atom. The molecule has 2 heterocycles. The Morgan fingerprint density at radius 2 is 1.86 bits per heavy atom. The monoisotopic (exact) mass is 306 g/mol. The SMILES string of the molecule is CC(Cl)c1nnc(N2CCN(Cc3ccccc3)CC2)o1. The van der Waals surface area contributed by atoms with Crippen molar-refractivity contribution in [2.45, 2.75) is 18.8 Å². The van der Waals surface area contributed by atoms with E-state index in [4.69, 9.17) is 16.0 Å². The molecule has 0 bridgehead atoms. The van der Waals surface area contributed by atoms with Gasteiger partial charge in [0.05, 0.1) is 0 Å². The van der Waals surface area contributed by atoms with Crippen molar-refractivity contribution in [3.8, 4) is 0 Å². The fourth-order valence-electron chi connectivity index (χ4n) is 2.45. The van der Waals surface area contributed by atoms with Gasteiger partial charge in [-0.25, -0.2) is 0 Å². The highest BCUT2D eigenvalue weighted by molar-refractivity contribution is 6.20. The maximum Gasteiger partial charge on any atom is 0.318 e. The normalized spacial score (nSPS) is 17.9. The molecular weight excluding hydrogens is 288 g/mol. The summed E-state index contributed by atoms with van der Waals surface area (Å²) in [7, 11) is 0. The largest absolute Gasteiger partial charge is 0.406 e. The predicted molar refractivity (Wildman–Crippen MR) is 82.5 cm³/mol. The van der Waals surface area contributed by atoms with Crippen molar-refractivity contribution in [1.29, 1.82) is 0 Å². The number of halogens is 1. The third-order valence-corrected chi connectivity index (χ3v) is 3.85. The van der Waals surface area contributed by atoms with Crippen LogP contribution in [-0.4, -0.2) is 41.3 Å². The summed E-state index contributed by atoms with van der Waals surface area (Å²) in [5.74, 6) is 0.485. The number of hydrogen-bond acceptors (Lipinski definition) is 5. The van der Waals surface area contributed by atoms with Gasteiger partial charge in [0.15, 0.2) is 0 Å². The van der Waals surface area contributed by atoms with Gasteiger partial charge in [-0.15, -0.1) is 16.7 Å². The minimum Gasteiger partial charge on any atom is -0.406 e. The lowest BCUT2D eigenvalue weighted by molar-refractivity contribution is 0.244. The number of piperazine rings is 1. The minimum atomic E-state index is -0.245. The molecule has 2 aromatic rings.